The van der Waals surface area contributed by atoms with E-state index in [4.69, 9.17) is 5.90 Å². The summed E-state index contributed by atoms with van der Waals surface area (Å²) in [5.41, 5.74) is 0. The van der Waals surface area contributed by atoms with Crippen molar-refractivity contribution in [3.05, 3.63) is 0 Å². The van der Waals surface area contributed by atoms with Crippen LogP contribution in [0.25, 0.3) is 0 Å². The lowest BCUT2D eigenvalue weighted by Gasteiger charge is -2.38. The summed E-state index contributed by atoms with van der Waals surface area (Å²) in [5, 5.41) is 5.57. The van der Waals surface area contributed by atoms with E-state index in [9.17, 15) is 9.59 Å². The van der Waals surface area contributed by atoms with E-state index in [2.05, 4.69) is 34.2 Å². The zero-order chi connectivity index (χ0) is 16.4. The standard InChI is InChI=1S/C15H30N4O3/c1-12-5-3-6-13(2)19(12)11-15(21)18-9-7-14(20)17-8-4-10-22-16/h12-13H,3-11,16H2,1-2H3,(H,17,20)(H,18,21)/t12-,13+/i1+1,12+1,13+1,18+1/m0/s1. The van der Waals surface area contributed by atoms with Gasteiger partial charge in [-0.05, 0) is 33.1 Å². The van der Waals surface area contributed by atoms with Gasteiger partial charge in [0.05, 0.1) is 13.2 Å². The fraction of sp³-hybridized carbons (Fsp3) is 0.867. The normalized spacial score (nSPS) is 22.3. The SMILES string of the molecule is C[13C@@H]1CCC[13C@H]([13CH3])N1CC(=O)[15NH]CCC(=O)NCCCON. The van der Waals surface area contributed by atoms with Crippen molar-refractivity contribution >= 4 is 11.8 Å². The third-order valence-electron chi connectivity index (χ3n) is 4.14. The van der Waals surface area contributed by atoms with Gasteiger partial charge in [-0.1, -0.05) is 6.42 Å². The molecule has 0 radical (unpaired) electrons. The van der Waals surface area contributed by atoms with Gasteiger partial charge in [-0.25, -0.2) is 5.90 Å². The molecule has 1 rings (SSSR count). The molecule has 1 heterocycles. The van der Waals surface area contributed by atoms with E-state index in [-0.39, 0.29) is 11.8 Å². The summed E-state index contributed by atoms with van der Waals surface area (Å²) in [7, 11) is 0. The van der Waals surface area contributed by atoms with Crippen molar-refractivity contribution in [3.63, 3.8) is 0 Å². The average molecular weight is 318 g/mol. The molecule has 128 valence electrons. The molecule has 7 nitrogen and oxygen atoms in total. The van der Waals surface area contributed by atoms with Crippen molar-refractivity contribution in [2.24, 2.45) is 5.90 Å². The van der Waals surface area contributed by atoms with Gasteiger partial charge in [0.1, 0.15) is 0 Å². The van der Waals surface area contributed by atoms with Gasteiger partial charge in [-0.3, -0.25) is 14.5 Å². The number of hydrogen-bond acceptors (Lipinski definition) is 5. The molecular weight excluding hydrogens is 288 g/mol. The molecule has 0 saturated carbocycles. The summed E-state index contributed by atoms with van der Waals surface area (Å²) in [5.74, 6) is 4.81. The molecule has 1 aliphatic rings. The number of rotatable bonds is 9. The Morgan fingerprint density at radius 3 is 2.41 bits per heavy atom. The Morgan fingerprint density at radius 1 is 1.14 bits per heavy atom. The van der Waals surface area contributed by atoms with Crippen molar-refractivity contribution in [2.45, 2.75) is 58.0 Å². The van der Waals surface area contributed by atoms with Crippen LogP contribution in [-0.2, 0) is 14.4 Å². The quantitative estimate of drug-likeness (QED) is 0.243. The Labute approximate surface area is 132 Å². The molecule has 0 spiro atoms. The molecule has 0 aromatic rings. The van der Waals surface area contributed by atoms with Crippen molar-refractivity contribution in [3.8, 4) is 0 Å². The number of nitrogens with zero attached hydrogens (tertiary/aromatic N) is 1. The smallest absolute Gasteiger partial charge is 0.234 e. The Balaban J connectivity index is 2.13. The summed E-state index contributed by atoms with van der Waals surface area (Å²) in [6.07, 6.45) is 4.49. The minimum Gasteiger partial charge on any atom is -0.356 e. The maximum atomic E-state index is 12.0. The van der Waals surface area contributed by atoms with E-state index in [1.807, 2.05) is 0 Å². The average Bonchev–Trinajstić information content (AvgIpc) is 2.48. The molecule has 0 aliphatic carbocycles. The fourth-order valence-corrected chi connectivity index (χ4v) is 2.80. The van der Waals surface area contributed by atoms with E-state index in [1.165, 1.54) is 6.42 Å². The molecule has 0 aromatic heterocycles. The van der Waals surface area contributed by atoms with E-state index >= 15 is 0 Å². The van der Waals surface area contributed by atoms with Crippen LogP contribution in [0.15, 0.2) is 0 Å². The third-order valence-corrected chi connectivity index (χ3v) is 4.14. The zero-order valence-corrected chi connectivity index (χ0v) is 13.8. The van der Waals surface area contributed by atoms with Crippen molar-refractivity contribution in [1.82, 2.24) is 15.5 Å². The topological polar surface area (TPSA) is 96.7 Å². The monoisotopic (exact) mass is 318 g/mol. The predicted molar refractivity (Wildman–Crippen MR) is 84.9 cm³/mol. The molecule has 4 N–H and O–H groups in total. The second-order valence-corrected chi connectivity index (χ2v) is 5.98. The van der Waals surface area contributed by atoms with Crippen LogP contribution in [0.1, 0.15) is 46.0 Å². The van der Waals surface area contributed by atoms with Crippen LogP contribution >= 0.6 is 0 Å². The molecule has 7 heteroatoms. The van der Waals surface area contributed by atoms with Crippen molar-refractivity contribution in [2.75, 3.05) is 26.2 Å². The summed E-state index contributed by atoms with van der Waals surface area (Å²) >= 11 is 0. The van der Waals surface area contributed by atoms with Crippen LogP contribution in [0, 0.1) is 0 Å². The largest absolute Gasteiger partial charge is 0.356 e. The molecule has 2 atom stereocenters. The van der Waals surface area contributed by atoms with Crippen LogP contribution in [0.2, 0.25) is 0 Å². The third kappa shape index (κ3) is 7.20. The van der Waals surface area contributed by atoms with E-state index in [1.54, 1.807) is 0 Å². The highest BCUT2D eigenvalue weighted by Gasteiger charge is 2.26. The first-order valence-corrected chi connectivity index (χ1v) is 8.15. The Bertz CT molecular complexity index is 342. The number of nitrogens with two attached hydrogens (primary N) is 1. The van der Waals surface area contributed by atoms with Gasteiger partial charge in [0, 0.05) is 31.6 Å². The molecule has 22 heavy (non-hydrogen) atoms. The maximum absolute atomic E-state index is 12.0. The number of nitrogens with one attached hydrogen (secondary N) is 2. The highest BCUT2D eigenvalue weighted by molar-refractivity contribution is 5.80. The zero-order valence-electron chi connectivity index (χ0n) is 13.8. The van der Waals surface area contributed by atoms with E-state index in [0.717, 1.165) is 12.8 Å². The maximum Gasteiger partial charge on any atom is 0.234 e. The van der Waals surface area contributed by atoms with Crippen LogP contribution in [-0.4, -0.2) is 55.0 Å². The molecule has 1 fully saturated rings. The number of carbonyl (C=O) groups excluding carboxylic acids is 2. The van der Waals surface area contributed by atoms with Crippen molar-refractivity contribution in [1.29, 1.82) is 0 Å². The minimum atomic E-state index is -0.0722. The highest BCUT2D eigenvalue weighted by atomic mass is 16.6. The Kier molecular flexibility index (Phi) is 9.03. The first kappa shape index (κ1) is 18.9. The predicted octanol–water partition coefficient (Wildman–Crippen LogP) is 0.152. The van der Waals surface area contributed by atoms with Crippen LogP contribution in [0.3, 0.4) is 0 Å². The summed E-state index contributed by atoms with van der Waals surface area (Å²) < 4.78 is 0. The van der Waals surface area contributed by atoms with Gasteiger partial charge in [0.15, 0.2) is 0 Å². The molecular formula is C15H30N4O3. The number of piperidine rings is 1. The van der Waals surface area contributed by atoms with Gasteiger partial charge in [-0.15, -0.1) is 0 Å². The molecule has 0 unspecified atom stereocenters. The van der Waals surface area contributed by atoms with Crippen LogP contribution in [0.4, 0.5) is 0 Å². The van der Waals surface area contributed by atoms with Gasteiger partial charge < -0.3 is 15.5 Å². The summed E-state index contributed by atoms with van der Waals surface area (Å²) in [4.78, 5) is 30.2. The Hall–Kier alpha value is -1.18. The van der Waals surface area contributed by atoms with Crippen LogP contribution < -0.4 is 16.5 Å². The fourth-order valence-electron chi connectivity index (χ4n) is 2.80. The lowest BCUT2D eigenvalue weighted by molar-refractivity contribution is -0.124. The first-order valence-electron chi connectivity index (χ1n) is 8.15. The van der Waals surface area contributed by atoms with E-state index in [0.29, 0.717) is 51.2 Å². The molecule has 1 aliphatic heterocycles. The number of amides is 2. The van der Waals surface area contributed by atoms with Gasteiger partial charge in [0.25, 0.3) is 0 Å². The Morgan fingerprint density at radius 2 is 1.77 bits per heavy atom. The number of carbonyl (C=O) groups is 2. The number of hydrogen-bond donors (Lipinski definition) is 3. The summed E-state index contributed by atoms with van der Waals surface area (Å²) in [6.45, 7) is 6.07. The molecule has 0 bridgehead atoms. The highest BCUT2D eigenvalue weighted by Crippen LogP contribution is 2.21. The van der Waals surface area contributed by atoms with Gasteiger partial charge in [-0.2, -0.15) is 0 Å². The van der Waals surface area contributed by atoms with Gasteiger partial charge >= 0.3 is 0 Å². The molecule has 1 saturated heterocycles. The second-order valence-electron chi connectivity index (χ2n) is 5.98. The first-order chi connectivity index (χ1) is 10.5. The van der Waals surface area contributed by atoms with E-state index < -0.39 is 0 Å². The molecule has 2 amide bonds. The minimum absolute atomic E-state index is 0.00932. The van der Waals surface area contributed by atoms with Gasteiger partial charge in [0.2, 0.25) is 11.8 Å². The number of likely N-dealkylation sites (tertiary alicyclic amines) is 1. The van der Waals surface area contributed by atoms with Crippen LogP contribution in [0.5, 0.6) is 0 Å². The lowest BCUT2D eigenvalue weighted by Crippen LogP contribution is -2.49. The summed E-state index contributed by atoms with van der Waals surface area (Å²) in [6, 6.07) is 0.894. The second kappa shape index (κ2) is 10.5. The van der Waals surface area contributed by atoms with Crippen molar-refractivity contribution < 1.29 is 14.4 Å². The molecule has 0 aromatic carbocycles. The lowest BCUT2D eigenvalue weighted by atomic mass is 10.2.